The zero-order valence-electron chi connectivity index (χ0n) is 13.6. The Morgan fingerprint density at radius 1 is 0.556 bits per heavy atom. The van der Waals surface area contributed by atoms with Gasteiger partial charge in [0.2, 0.25) is 0 Å². The van der Waals surface area contributed by atoms with E-state index in [2.05, 4.69) is 60.7 Å². The smallest absolute Gasteiger partial charge is 1.00 e. The monoisotopic (exact) mass is 226 g/mol. The van der Waals surface area contributed by atoms with Crippen LogP contribution in [0, 0.1) is 0 Å². The summed E-state index contributed by atoms with van der Waals surface area (Å²) in [7, 11) is 0. The molecule has 0 aliphatic heterocycles. The first-order chi connectivity index (χ1) is 7.95. The first-order valence-electron chi connectivity index (χ1n) is 6.03. The van der Waals surface area contributed by atoms with E-state index in [1.165, 1.54) is 36.8 Å². The van der Waals surface area contributed by atoms with Gasteiger partial charge in [-0.05, 0) is 36.8 Å². The number of rotatable bonds is 5. The molecule has 0 unspecified atom stereocenters. The van der Waals surface area contributed by atoms with Gasteiger partial charge in [-0.25, -0.2) is 0 Å². The van der Waals surface area contributed by atoms with Crippen LogP contribution in [0.2, 0.25) is 0 Å². The second kappa shape index (κ2) is 10.5. The molecule has 2 aromatic carbocycles. The van der Waals surface area contributed by atoms with E-state index in [1.54, 1.807) is 0 Å². The van der Waals surface area contributed by atoms with Crippen molar-refractivity contribution in [2.24, 2.45) is 0 Å². The molecule has 0 nitrogen and oxygen atoms in total. The predicted octanol–water partition coefficient (Wildman–Crippen LogP) is -1.51. The fourth-order valence-electron chi connectivity index (χ4n) is 1.95. The van der Waals surface area contributed by atoms with Crippen molar-refractivity contribution in [2.45, 2.75) is 25.7 Å². The van der Waals surface area contributed by atoms with Crippen LogP contribution in [-0.2, 0) is 12.8 Å². The first-order valence-corrected chi connectivity index (χ1v) is 6.03. The van der Waals surface area contributed by atoms with Crippen molar-refractivity contribution < 1.29 is 40.6 Å². The summed E-state index contributed by atoms with van der Waals surface area (Å²) in [6, 6.07) is 21.5. The van der Waals surface area contributed by atoms with Gasteiger partial charge in [-0.2, -0.15) is 0 Å². The van der Waals surface area contributed by atoms with Crippen LogP contribution in [0.1, 0.15) is 26.8 Å². The quantitative estimate of drug-likeness (QED) is 0.429. The minimum Gasteiger partial charge on any atom is -1.00 e. The molecule has 0 aliphatic rings. The molecule has 18 heavy (non-hydrogen) atoms. The molecule has 0 fully saturated rings. The SMILES string of the molecule is [H-].[H-].[Li+].[Li+].c1ccc(CCCCc2ccccc2)cc1. The molecule has 2 heteroatoms. The average Bonchev–Trinajstić information content (AvgIpc) is 2.37. The summed E-state index contributed by atoms with van der Waals surface area (Å²) in [5.41, 5.74) is 2.91. The number of hydrogen-bond acceptors (Lipinski definition) is 0. The topological polar surface area (TPSA) is 0 Å². The molecule has 0 saturated carbocycles. The van der Waals surface area contributed by atoms with Crippen LogP contribution in [-0.4, -0.2) is 0 Å². The molecular weight excluding hydrogens is 206 g/mol. The second-order valence-electron chi connectivity index (χ2n) is 4.18. The summed E-state index contributed by atoms with van der Waals surface area (Å²) in [6.45, 7) is 0. The third-order valence-electron chi connectivity index (χ3n) is 2.87. The van der Waals surface area contributed by atoms with Gasteiger partial charge in [-0.1, -0.05) is 60.7 Å². The Bertz CT molecular complexity index is 366. The molecular formula is C16H20Li2. The van der Waals surface area contributed by atoms with Crippen LogP contribution < -0.4 is 37.7 Å². The van der Waals surface area contributed by atoms with Crippen LogP contribution in [0.4, 0.5) is 0 Å². The van der Waals surface area contributed by atoms with Crippen LogP contribution in [0.25, 0.3) is 0 Å². The Balaban J connectivity index is -0.000000722. The molecule has 0 heterocycles. The third-order valence-corrected chi connectivity index (χ3v) is 2.87. The maximum Gasteiger partial charge on any atom is 1.00 e. The Labute approximate surface area is 138 Å². The van der Waals surface area contributed by atoms with Crippen molar-refractivity contribution in [1.29, 1.82) is 0 Å². The van der Waals surface area contributed by atoms with E-state index in [0.29, 0.717) is 0 Å². The Morgan fingerprint density at radius 3 is 1.22 bits per heavy atom. The number of benzene rings is 2. The molecule has 2 rings (SSSR count). The average molecular weight is 226 g/mol. The molecule has 0 radical (unpaired) electrons. The summed E-state index contributed by atoms with van der Waals surface area (Å²) in [5, 5.41) is 0. The van der Waals surface area contributed by atoms with Crippen molar-refractivity contribution in [3.8, 4) is 0 Å². The van der Waals surface area contributed by atoms with Gasteiger partial charge in [-0.15, -0.1) is 0 Å². The normalized spacial score (nSPS) is 9.11. The van der Waals surface area contributed by atoms with Crippen LogP contribution in [0.3, 0.4) is 0 Å². The molecule has 2 aromatic rings. The zero-order valence-corrected chi connectivity index (χ0v) is 11.6. The second-order valence-corrected chi connectivity index (χ2v) is 4.18. The molecule has 0 aromatic heterocycles. The van der Waals surface area contributed by atoms with Crippen molar-refractivity contribution >= 4 is 0 Å². The van der Waals surface area contributed by atoms with Crippen LogP contribution >= 0.6 is 0 Å². The minimum absolute atomic E-state index is 0. The third kappa shape index (κ3) is 6.54. The van der Waals surface area contributed by atoms with Crippen molar-refractivity contribution in [3.63, 3.8) is 0 Å². The molecule has 0 N–H and O–H groups in total. The molecule has 0 spiro atoms. The van der Waals surface area contributed by atoms with Gasteiger partial charge in [0.15, 0.2) is 0 Å². The predicted molar refractivity (Wildman–Crippen MR) is 71.8 cm³/mol. The largest absolute Gasteiger partial charge is 1.00 e. The Kier molecular flexibility index (Phi) is 10.3. The summed E-state index contributed by atoms with van der Waals surface area (Å²) in [5.74, 6) is 0. The molecule has 0 aliphatic carbocycles. The van der Waals surface area contributed by atoms with E-state index in [9.17, 15) is 0 Å². The van der Waals surface area contributed by atoms with E-state index < -0.39 is 0 Å². The van der Waals surface area contributed by atoms with Gasteiger partial charge in [-0.3, -0.25) is 0 Å². The van der Waals surface area contributed by atoms with Crippen molar-refractivity contribution in [1.82, 2.24) is 0 Å². The maximum atomic E-state index is 2.21. The molecule has 0 saturated heterocycles. The summed E-state index contributed by atoms with van der Waals surface area (Å²) < 4.78 is 0. The van der Waals surface area contributed by atoms with Crippen molar-refractivity contribution in [2.75, 3.05) is 0 Å². The van der Waals surface area contributed by atoms with E-state index >= 15 is 0 Å². The standard InChI is InChI=1S/C16H18.2Li.2H/c1-3-9-15(10-4-1)13-7-8-14-16-11-5-2-6-12-16;;;;/h1-6,9-12H,7-8,13-14H2;;;;/q;2*+1;2*-1. The van der Waals surface area contributed by atoms with Gasteiger partial charge < -0.3 is 2.85 Å². The van der Waals surface area contributed by atoms with Gasteiger partial charge in [0.25, 0.3) is 0 Å². The van der Waals surface area contributed by atoms with Crippen molar-refractivity contribution in [3.05, 3.63) is 71.8 Å². The minimum atomic E-state index is 0. The number of aryl methyl sites for hydroxylation is 2. The number of hydrogen-bond donors (Lipinski definition) is 0. The molecule has 86 valence electrons. The summed E-state index contributed by atoms with van der Waals surface area (Å²) in [4.78, 5) is 0. The molecule has 0 amide bonds. The zero-order chi connectivity index (χ0) is 11.1. The van der Waals surface area contributed by atoms with Gasteiger partial charge in [0.1, 0.15) is 0 Å². The Morgan fingerprint density at radius 2 is 0.889 bits per heavy atom. The van der Waals surface area contributed by atoms with Crippen LogP contribution in [0.15, 0.2) is 60.7 Å². The van der Waals surface area contributed by atoms with E-state index in [4.69, 9.17) is 0 Å². The number of unbranched alkanes of at least 4 members (excludes halogenated alkanes) is 1. The van der Waals surface area contributed by atoms with Crippen LogP contribution in [0.5, 0.6) is 0 Å². The van der Waals surface area contributed by atoms with Gasteiger partial charge in [0.05, 0.1) is 0 Å². The fraction of sp³-hybridized carbons (Fsp3) is 0.250. The fourth-order valence-corrected chi connectivity index (χ4v) is 1.95. The van der Waals surface area contributed by atoms with E-state index in [0.717, 1.165) is 0 Å². The van der Waals surface area contributed by atoms with E-state index in [-0.39, 0.29) is 40.6 Å². The Hall–Kier alpha value is -0.365. The van der Waals surface area contributed by atoms with Gasteiger partial charge in [0, 0.05) is 0 Å². The maximum absolute atomic E-state index is 2.21. The van der Waals surface area contributed by atoms with Gasteiger partial charge >= 0.3 is 37.7 Å². The first kappa shape index (κ1) is 17.6. The molecule has 0 atom stereocenters. The summed E-state index contributed by atoms with van der Waals surface area (Å²) in [6.07, 6.45) is 4.96. The molecule has 0 bridgehead atoms. The summed E-state index contributed by atoms with van der Waals surface area (Å²) >= 11 is 0. The van der Waals surface area contributed by atoms with E-state index in [1.807, 2.05) is 0 Å².